The van der Waals surface area contributed by atoms with Gasteiger partial charge in [-0.3, -0.25) is 9.59 Å². The van der Waals surface area contributed by atoms with Gasteiger partial charge in [0.1, 0.15) is 0 Å². The van der Waals surface area contributed by atoms with E-state index in [1.165, 1.54) is 0 Å². The lowest BCUT2D eigenvalue weighted by atomic mass is 10.3. The highest BCUT2D eigenvalue weighted by atomic mass is 16.2. The highest BCUT2D eigenvalue weighted by Crippen LogP contribution is 1.93. The largest absolute Gasteiger partial charge is 0.347 e. The molecule has 0 aliphatic carbocycles. The topological polar surface area (TPSA) is 61.4 Å². The van der Waals surface area contributed by atoms with E-state index < -0.39 is 0 Å². The van der Waals surface area contributed by atoms with Crippen LogP contribution in [0.5, 0.6) is 0 Å². The van der Waals surface area contributed by atoms with Crippen LogP contribution in [0.4, 0.5) is 0 Å². The predicted octanol–water partition coefficient (Wildman–Crippen LogP) is -0.665. The third-order valence-electron chi connectivity index (χ3n) is 2.38. The average Bonchev–Trinajstić information content (AvgIpc) is 2.27. The fourth-order valence-corrected chi connectivity index (χ4v) is 1.52. The number of piperazine rings is 1. The molecule has 15 heavy (non-hydrogen) atoms. The van der Waals surface area contributed by atoms with Gasteiger partial charge < -0.3 is 15.5 Å². The van der Waals surface area contributed by atoms with Crippen molar-refractivity contribution in [3.8, 4) is 0 Å². The Bertz CT molecular complexity index is 225. The van der Waals surface area contributed by atoms with E-state index in [0.717, 1.165) is 32.6 Å². The van der Waals surface area contributed by atoms with E-state index >= 15 is 0 Å². The summed E-state index contributed by atoms with van der Waals surface area (Å²) in [6, 6.07) is 0. The van der Waals surface area contributed by atoms with Gasteiger partial charge in [0.2, 0.25) is 11.8 Å². The summed E-state index contributed by atoms with van der Waals surface area (Å²) >= 11 is 0. The fraction of sp³-hybridized carbons (Fsp3) is 0.800. The Kier molecular flexibility index (Phi) is 5.10. The predicted molar refractivity (Wildman–Crippen MR) is 57.4 cm³/mol. The SMILES string of the molecule is CCCC(=O)NCC(=O)N1CCNCC1. The van der Waals surface area contributed by atoms with E-state index in [-0.39, 0.29) is 18.4 Å². The van der Waals surface area contributed by atoms with Crippen molar-refractivity contribution >= 4 is 11.8 Å². The molecule has 0 bridgehead atoms. The van der Waals surface area contributed by atoms with Crippen LogP contribution in [0.1, 0.15) is 19.8 Å². The molecule has 1 aliphatic heterocycles. The molecular formula is C10H19N3O2. The van der Waals surface area contributed by atoms with Crippen LogP contribution in [0.2, 0.25) is 0 Å². The van der Waals surface area contributed by atoms with Crippen LogP contribution in [0, 0.1) is 0 Å². The molecule has 0 aromatic rings. The molecule has 5 heteroatoms. The first kappa shape index (κ1) is 12.0. The number of nitrogens with zero attached hydrogens (tertiary/aromatic N) is 1. The summed E-state index contributed by atoms with van der Waals surface area (Å²) in [5, 5.41) is 5.80. The van der Waals surface area contributed by atoms with E-state index in [4.69, 9.17) is 0 Å². The van der Waals surface area contributed by atoms with Crippen molar-refractivity contribution < 1.29 is 9.59 Å². The Balaban J connectivity index is 2.19. The van der Waals surface area contributed by atoms with Gasteiger partial charge in [0, 0.05) is 32.6 Å². The summed E-state index contributed by atoms with van der Waals surface area (Å²) in [5.74, 6) is -0.0260. The number of nitrogens with one attached hydrogen (secondary N) is 2. The van der Waals surface area contributed by atoms with Crippen LogP contribution < -0.4 is 10.6 Å². The highest BCUT2D eigenvalue weighted by molar-refractivity contribution is 5.84. The van der Waals surface area contributed by atoms with Crippen molar-refractivity contribution in [2.75, 3.05) is 32.7 Å². The van der Waals surface area contributed by atoms with Gasteiger partial charge in [0.05, 0.1) is 6.54 Å². The van der Waals surface area contributed by atoms with E-state index in [1.807, 2.05) is 6.92 Å². The Hall–Kier alpha value is -1.10. The molecule has 1 heterocycles. The minimum absolute atomic E-state index is 0.0148. The van der Waals surface area contributed by atoms with Crippen LogP contribution in [0.15, 0.2) is 0 Å². The van der Waals surface area contributed by atoms with Crippen molar-refractivity contribution in [3.63, 3.8) is 0 Å². The molecule has 5 nitrogen and oxygen atoms in total. The van der Waals surface area contributed by atoms with Gasteiger partial charge >= 0.3 is 0 Å². The first-order valence-electron chi connectivity index (χ1n) is 5.49. The second-order valence-corrected chi connectivity index (χ2v) is 3.66. The maximum atomic E-state index is 11.6. The normalized spacial score (nSPS) is 16.2. The van der Waals surface area contributed by atoms with Crippen LogP contribution in [0.3, 0.4) is 0 Å². The highest BCUT2D eigenvalue weighted by Gasteiger charge is 2.15. The first-order valence-corrected chi connectivity index (χ1v) is 5.49. The molecule has 1 rings (SSSR count). The summed E-state index contributed by atoms with van der Waals surface area (Å²) in [6.45, 7) is 5.24. The van der Waals surface area contributed by atoms with Gasteiger partial charge in [0.15, 0.2) is 0 Å². The van der Waals surface area contributed by atoms with Gasteiger partial charge in [-0.05, 0) is 6.42 Å². The number of carbonyl (C=O) groups is 2. The number of amides is 2. The van der Waals surface area contributed by atoms with Crippen LogP contribution >= 0.6 is 0 Å². The second-order valence-electron chi connectivity index (χ2n) is 3.66. The van der Waals surface area contributed by atoms with Crippen molar-refractivity contribution in [1.29, 1.82) is 0 Å². The standard InChI is InChI=1S/C10H19N3O2/c1-2-3-9(14)12-8-10(15)13-6-4-11-5-7-13/h11H,2-8H2,1H3,(H,12,14). The smallest absolute Gasteiger partial charge is 0.242 e. The number of hydrogen-bond donors (Lipinski definition) is 2. The Morgan fingerprint density at radius 1 is 1.33 bits per heavy atom. The van der Waals surface area contributed by atoms with Gasteiger partial charge in [0.25, 0.3) is 0 Å². The Labute approximate surface area is 90.2 Å². The van der Waals surface area contributed by atoms with Gasteiger partial charge in [-0.25, -0.2) is 0 Å². The van der Waals surface area contributed by atoms with E-state index in [9.17, 15) is 9.59 Å². The summed E-state index contributed by atoms with van der Waals surface area (Å²) in [5.41, 5.74) is 0. The molecule has 0 aromatic heterocycles. The molecule has 1 fully saturated rings. The summed E-state index contributed by atoms with van der Waals surface area (Å²) in [4.78, 5) is 24.5. The zero-order valence-corrected chi connectivity index (χ0v) is 9.21. The molecule has 1 aliphatic rings. The van der Waals surface area contributed by atoms with E-state index in [1.54, 1.807) is 4.90 Å². The average molecular weight is 213 g/mol. The number of hydrogen-bond acceptors (Lipinski definition) is 3. The van der Waals surface area contributed by atoms with Gasteiger partial charge in [-0.15, -0.1) is 0 Å². The summed E-state index contributed by atoms with van der Waals surface area (Å²) < 4.78 is 0. The maximum Gasteiger partial charge on any atom is 0.242 e. The molecule has 0 aromatic carbocycles. The molecule has 0 saturated carbocycles. The van der Waals surface area contributed by atoms with E-state index in [2.05, 4.69) is 10.6 Å². The molecule has 0 unspecified atom stereocenters. The molecule has 0 spiro atoms. The number of rotatable bonds is 4. The minimum Gasteiger partial charge on any atom is -0.347 e. The first-order chi connectivity index (χ1) is 7.24. The lowest BCUT2D eigenvalue weighted by molar-refractivity contribution is -0.133. The lowest BCUT2D eigenvalue weighted by Gasteiger charge is -2.27. The van der Waals surface area contributed by atoms with Crippen molar-refractivity contribution in [2.24, 2.45) is 0 Å². The van der Waals surface area contributed by atoms with Gasteiger partial charge in [-0.1, -0.05) is 6.92 Å². The molecule has 0 atom stereocenters. The monoisotopic (exact) mass is 213 g/mol. The van der Waals surface area contributed by atoms with Crippen molar-refractivity contribution in [2.45, 2.75) is 19.8 Å². The molecule has 86 valence electrons. The molecule has 1 saturated heterocycles. The third-order valence-corrected chi connectivity index (χ3v) is 2.38. The van der Waals surface area contributed by atoms with E-state index in [0.29, 0.717) is 6.42 Å². The van der Waals surface area contributed by atoms with Crippen LogP contribution in [-0.2, 0) is 9.59 Å². The summed E-state index contributed by atoms with van der Waals surface area (Å²) in [7, 11) is 0. The zero-order valence-electron chi connectivity index (χ0n) is 9.21. The van der Waals surface area contributed by atoms with Gasteiger partial charge in [-0.2, -0.15) is 0 Å². The maximum absolute atomic E-state index is 11.6. The molecule has 2 N–H and O–H groups in total. The quantitative estimate of drug-likeness (QED) is 0.651. The lowest BCUT2D eigenvalue weighted by Crippen LogP contribution is -2.49. The zero-order chi connectivity index (χ0) is 11.1. The number of carbonyl (C=O) groups excluding carboxylic acids is 2. The van der Waals surface area contributed by atoms with Crippen LogP contribution in [-0.4, -0.2) is 49.4 Å². The Morgan fingerprint density at radius 2 is 2.00 bits per heavy atom. The second kappa shape index (κ2) is 6.40. The fourth-order valence-electron chi connectivity index (χ4n) is 1.52. The molecular weight excluding hydrogens is 194 g/mol. The molecule has 2 amide bonds. The molecule has 0 radical (unpaired) electrons. The van der Waals surface area contributed by atoms with Crippen LogP contribution in [0.25, 0.3) is 0 Å². The summed E-state index contributed by atoms with van der Waals surface area (Å²) in [6.07, 6.45) is 1.31. The third kappa shape index (κ3) is 4.29. The van der Waals surface area contributed by atoms with Crippen molar-refractivity contribution in [1.82, 2.24) is 15.5 Å². The van der Waals surface area contributed by atoms with Crippen molar-refractivity contribution in [3.05, 3.63) is 0 Å². The Morgan fingerprint density at radius 3 is 2.60 bits per heavy atom. The minimum atomic E-state index is -0.0408.